The third kappa shape index (κ3) is 8.98. The van der Waals surface area contributed by atoms with E-state index in [0.717, 1.165) is 21.7 Å². The van der Waals surface area contributed by atoms with Crippen LogP contribution in [0.3, 0.4) is 0 Å². The zero-order chi connectivity index (χ0) is 28.6. The Hall–Kier alpha value is -3.07. The van der Waals surface area contributed by atoms with Gasteiger partial charge in [0.15, 0.2) is 0 Å². The summed E-state index contributed by atoms with van der Waals surface area (Å²) in [5.74, 6) is -0.652. The van der Waals surface area contributed by atoms with Crippen molar-refractivity contribution >= 4 is 50.7 Å². The fraction of sp³-hybridized carbons (Fsp3) is 0.310. The number of carbonyl (C=O) groups excluding carboxylic acids is 2. The first kappa shape index (κ1) is 30.5. The predicted octanol–water partition coefficient (Wildman–Crippen LogP) is 5.17. The molecule has 3 rings (SSSR count). The Kier molecular flexibility index (Phi) is 10.8. The molecule has 0 bridgehead atoms. The molecular weight excluding hydrogens is 557 g/mol. The van der Waals surface area contributed by atoms with E-state index in [1.54, 1.807) is 0 Å². The second-order valence-corrected chi connectivity index (χ2v) is 12.5. The standard InChI is InChI=1S/C29H33Cl2N3O4S/c1-21(2)18-32-29(36)27(16-22-10-6-4-7-11-22)33(19-23-12-8-5-9-13-23)28(35)20-34(39(3,37)38)26-15-14-24(30)17-25(26)31/h4-15,17,21,27H,16,18-20H2,1-3H3,(H,32,36). The normalized spacial score (nSPS) is 12.2. The Balaban J connectivity index is 2.04. The minimum atomic E-state index is -3.92. The molecule has 0 saturated carbocycles. The number of amides is 2. The number of hydrogen-bond acceptors (Lipinski definition) is 4. The number of sulfonamides is 1. The van der Waals surface area contributed by atoms with Gasteiger partial charge in [-0.2, -0.15) is 0 Å². The minimum absolute atomic E-state index is 0.0887. The number of carbonyl (C=O) groups is 2. The highest BCUT2D eigenvalue weighted by Gasteiger charge is 2.33. The highest BCUT2D eigenvalue weighted by molar-refractivity contribution is 7.92. The molecule has 1 N–H and O–H groups in total. The molecule has 3 aromatic carbocycles. The van der Waals surface area contributed by atoms with Gasteiger partial charge in [0.25, 0.3) is 0 Å². The number of anilines is 1. The molecule has 0 aliphatic carbocycles. The molecule has 0 heterocycles. The topological polar surface area (TPSA) is 86.8 Å². The number of nitrogens with zero attached hydrogens (tertiary/aromatic N) is 2. The summed E-state index contributed by atoms with van der Waals surface area (Å²) >= 11 is 12.4. The van der Waals surface area contributed by atoms with E-state index in [9.17, 15) is 18.0 Å². The highest BCUT2D eigenvalue weighted by Crippen LogP contribution is 2.30. The Morgan fingerprint density at radius 1 is 0.897 bits per heavy atom. The second kappa shape index (κ2) is 13.8. The van der Waals surface area contributed by atoms with E-state index in [2.05, 4.69) is 5.32 Å². The molecule has 208 valence electrons. The van der Waals surface area contributed by atoms with Crippen molar-refractivity contribution < 1.29 is 18.0 Å². The maximum absolute atomic E-state index is 14.0. The molecule has 0 spiro atoms. The van der Waals surface area contributed by atoms with Gasteiger partial charge in [-0.1, -0.05) is 97.7 Å². The summed E-state index contributed by atoms with van der Waals surface area (Å²) in [6, 6.07) is 22.2. The summed E-state index contributed by atoms with van der Waals surface area (Å²) < 4.78 is 26.6. The maximum Gasteiger partial charge on any atom is 0.244 e. The summed E-state index contributed by atoms with van der Waals surface area (Å²) in [6.45, 7) is 3.97. The number of halogens is 2. The predicted molar refractivity (Wildman–Crippen MR) is 157 cm³/mol. The van der Waals surface area contributed by atoms with Crippen LogP contribution in [0.1, 0.15) is 25.0 Å². The van der Waals surface area contributed by atoms with Gasteiger partial charge < -0.3 is 10.2 Å². The Labute approximate surface area is 240 Å². The second-order valence-electron chi connectivity index (χ2n) is 9.72. The summed E-state index contributed by atoms with van der Waals surface area (Å²) in [4.78, 5) is 29.0. The average Bonchev–Trinajstić information content (AvgIpc) is 2.88. The first-order valence-corrected chi connectivity index (χ1v) is 15.1. The Morgan fingerprint density at radius 2 is 1.49 bits per heavy atom. The molecule has 0 fully saturated rings. The average molecular weight is 591 g/mol. The van der Waals surface area contributed by atoms with Gasteiger partial charge in [0, 0.05) is 24.5 Å². The lowest BCUT2D eigenvalue weighted by Crippen LogP contribution is -2.53. The Bertz CT molecular complexity index is 1370. The first-order valence-electron chi connectivity index (χ1n) is 12.5. The van der Waals surface area contributed by atoms with Crippen molar-refractivity contribution in [3.63, 3.8) is 0 Å². The van der Waals surface area contributed by atoms with Gasteiger partial charge in [0.05, 0.1) is 17.0 Å². The van der Waals surface area contributed by atoms with E-state index < -0.39 is 28.5 Å². The van der Waals surface area contributed by atoms with Crippen molar-refractivity contribution in [3.8, 4) is 0 Å². The van der Waals surface area contributed by atoms with Gasteiger partial charge in [0.2, 0.25) is 21.8 Å². The lowest BCUT2D eigenvalue weighted by Gasteiger charge is -2.33. The van der Waals surface area contributed by atoms with Crippen LogP contribution in [0.2, 0.25) is 10.0 Å². The van der Waals surface area contributed by atoms with Crippen LogP contribution >= 0.6 is 23.2 Å². The van der Waals surface area contributed by atoms with Gasteiger partial charge in [0.1, 0.15) is 12.6 Å². The van der Waals surface area contributed by atoms with Crippen LogP contribution in [0.4, 0.5) is 5.69 Å². The van der Waals surface area contributed by atoms with E-state index in [-0.39, 0.29) is 35.5 Å². The van der Waals surface area contributed by atoms with Crippen LogP contribution in [0.5, 0.6) is 0 Å². The smallest absolute Gasteiger partial charge is 0.244 e. The summed E-state index contributed by atoms with van der Waals surface area (Å²) in [5, 5.41) is 3.37. The molecule has 1 unspecified atom stereocenters. The molecule has 0 aliphatic rings. The number of benzene rings is 3. The lowest BCUT2D eigenvalue weighted by atomic mass is 10.0. The zero-order valence-corrected chi connectivity index (χ0v) is 24.5. The van der Waals surface area contributed by atoms with Crippen molar-refractivity contribution in [3.05, 3.63) is 100 Å². The summed E-state index contributed by atoms with van der Waals surface area (Å²) in [7, 11) is -3.92. The quantitative estimate of drug-likeness (QED) is 0.315. The van der Waals surface area contributed by atoms with E-state index in [1.165, 1.54) is 23.1 Å². The van der Waals surface area contributed by atoms with Crippen LogP contribution < -0.4 is 9.62 Å². The van der Waals surface area contributed by atoms with Crippen LogP contribution in [-0.2, 0) is 32.6 Å². The Morgan fingerprint density at radius 3 is 2.03 bits per heavy atom. The molecule has 1 atom stereocenters. The molecule has 0 saturated heterocycles. The van der Waals surface area contributed by atoms with Crippen LogP contribution in [0.25, 0.3) is 0 Å². The van der Waals surface area contributed by atoms with Gasteiger partial charge in [-0.25, -0.2) is 8.42 Å². The SMILES string of the molecule is CC(C)CNC(=O)C(Cc1ccccc1)N(Cc1ccccc1)C(=O)CN(c1ccc(Cl)cc1Cl)S(C)(=O)=O. The van der Waals surface area contributed by atoms with E-state index >= 15 is 0 Å². The lowest BCUT2D eigenvalue weighted by molar-refractivity contribution is -0.140. The summed E-state index contributed by atoms with van der Waals surface area (Å²) in [5.41, 5.74) is 1.80. The van der Waals surface area contributed by atoms with Crippen LogP contribution in [-0.4, -0.2) is 50.5 Å². The van der Waals surface area contributed by atoms with Gasteiger partial charge in [-0.15, -0.1) is 0 Å². The zero-order valence-electron chi connectivity index (χ0n) is 22.2. The molecule has 0 aromatic heterocycles. The molecule has 10 heteroatoms. The maximum atomic E-state index is 14.0. The van der Waals surface area contributed by atoms with Crippen molar-refractivity contribution in [2.24, 2.45) is 5.92 Å². The van der Waals surface area contributed by atoms with E-state index in [0.29, 0.717) is 11.6 Å². The first-order chi connectivity index (χ1) is 18.5. The number of nitrogens with one attached hydrogen (secondary N) is 1. The third-order valence-corrected chi connectivity index (χ3v) is 7.67. The third-order valence-electron chi connectivity index (χ3n) is 6.01. The molecule has 3 aromatic rings. The fourth-order valence-corrected chi connectivity index (χ4v) is 5.46. The molecule has 39 heavy (non-hydrogen) atoms. The molecule has 0 radical (unpaired) electrons. The van der Waals surface area contributed by atoms with Gasteiger partial charge in [-0.05, 0) is 35.2 Å². The monoisotopic (exact) mass is 589 g/mol. The van der Waals surface area contributed by atoms with Crippen molar-refractivity contribution in [1.29, 1.82) is 0 Å². The fourth-order valence-electron chi connectivity index (χ4n) is 4.03. The molecule has 0 aliphatic heterocycles. The van der Waals surface area contributed by atoms with Crippen molar-refractivity contribution in [2.75, 3.05) is 23.7 Å². The van der Waals surface area contributed by atoms with Crippen molar-refractivity contribution in [1.82, 2.24) is 10.2 Å². The highest BCUT2D eigenvalue weighted by atomic mass is 35.5. The van der Waals surface area contributed by atoms with Crippen LogP contribution in [0.15, 0.2) is 78.9 Å². The largest absolute Gasteiger partial charge is 0.354 e. The number of rotatable bonds is 12. The van der Waals surface area contributed by atoms with Gasteiger partial charge in [-0.3, -0.25) is 13.9 Å². The summed E-state index contributed by atoms with van der Waals surface area (Å²) in [6.07, 6.45) is 1.26. The van der Waals surface area contributed by atoms with Crippen LogP contribution in [0, 0.1) is 5.92 Å². The van der Waals surface area contributed by atoms with E-state index in [1.807, 2.05) is 74.5 Å². The molecule has 2 amide bonds. The molecular formula is C29H33Cl2N3O4S. The molecule has 7 nitrogen and oxygen atoms in total. The van der Waals surface area contributed by atoms with Gasteiger partial charge >= 0.3 is 0 Å². The minimum Gasteiger partial charge on any atom is -0.354 e. The van der Waals surface area contributed by atoms with E-state index in [4.69, 9.17) is 23.2 Å². The number of hydrogen-bond donors (Lipinski definition) is 1. The van der Waals surface area contributed by atoms with Crippen molar-refractivity contribution in [2.45, 2.75) is 32.9 Å².